The smallest absolute Gasteiger partial charge is 0.325 e. The van der Waals surface area contributed by atoms with Gasteiger partial charge in [0.25, 0.3) is 5.91 Å². The Morgan fingerprint density at radius 1 is 1.00 bits per heavy atom. The van der Waals surface area contributed by atoms with E-state index in [-0.39, 0.29) is 12.3 Å². The van der Waals surface area contributed by atoms with Crippen LogP contribution in [0.4, 0.5) is 11.4 Å². The van der Waals surface area contributed by atoms with Gasteiger partial charge < -0.3 is 15.2 Å². The first-order valence-corrected chi connectivity index (χ1v) is 8.16. The number of phenolic OH excluding ortho intramolecular Hbond substituents is 1. The van der Waals surface area contributed by atoms with Crippen molar-refractivity contribution in [3.05, 3.63) is 66.2 Å². The average Bonchev–Trinajstić information content (AvgIpc) is 2.71. The molecule has 2 N–H and O–H groups in total. The van der Waals surface area contributed by atoms with Gasteiger partial charge in [0.05, 0.1) is 12.8 Å². The van der Waals surface area contributed by atoms with Crippen molar-refractivity contribution < 1.29 is 19.4 Å². The Labute approximate surface area is 155 Å². The van der Waals surface area contributed by atoms with Crippen molar-refractivity contribution in [2.24, 2.45) is 10.2 Å². The SMILES string of the molecule is COC(=O)CNC(=O)c1ccc(N=Nc2c(O)ccc3ccccc23)cc1. The summed E-state index contributed by atoms with van der Waals surface area (Å²) in [5.41, 5.74) is 1.28. The van der Waals surface area contributed by atoms with Gasteiger partial charge in [0.2, 0.25) is 0 Å². The average molecular weight is 363 g/mol. The summed E-state index contributed by atoms with van der Waals surface area (Å²) in [5.74, 6) is -0.879. The van der Waals surface area contributed by atoms with E-state index in [1.807, 2.05) is 30.3 Å². The van der Waals surface area contributed by atoms with Crippen LogP contribution in [0.15, 0.2) is 70.9 Å². The molecule has 0 radical (unpaired) electrons. The van der Waals surface area contributed by atoms with E-state index in [4.69, 9.17) is 0 Å². The molecule has 0 aliphatic heterocycles. The minimum atomic E-state index is -0.524. The normalized spacial score (nSPS) is 10.9. The van der Waals surface area contributed by atoms with Gasteiger partial charge in [-0.25, -0.2) is 0 Å². The number of nitrogens with one attached hydrogen (secondary N) is 1. The second kappa shape index (κ2) is 8.09. The fourth-order valence-electron chi connectivity index (χ4n) is 2.46. The van der Waals surface area contributed by atoms with Crippen LogP contribution in [0.2, 0.25) is 0 Å². The van der Waals surface area contributed by atoms with Crippen LogP contribution in [-0.2, 0) is 9.53 Å². The maximum absolute atomic E-state index is 11.9. The summed E-state index contributed by atoms with van der Waals surface area (Å²) in [6.45, 7) is -0.197. The minimum Gasteiger partial charge on any atom is -0.506 e. The number of benzene rings is 3. The van der Waals surface area contributed by atoms with Gasteiger partial charge in [0.15, 0.2) is 0 Å². The first kappa shape index (κ1) is 18.1. The zero-order chi connectivity index (χ0) is 19.2. The summed E-state index contributed by atoms with van der Waals surface area (Å²) in [6, 6.07) is 17.3. The van der Waals surface area contributed by atoms with Crippen LogP contribution in [0.1, 0.15) is 10.4 Å². The van der Waals surface area contributed by atoms with E-state index in [9.17, 15) is 14.7 Å². The number of methoxy groups -OCH3 is 1. The lowest BCUT2D eigenvalue weighted by Crippen LogP contribution is -2.29. The zero-order valence-electron chi connectivity index (χ0n) is 14.5. The van der Waals surface area contributed by atoms with E-state index in [2.05, 4.69) is 20.3 Å². The molecule has 0 aliphatic rings. The number of nitrogens with zero attached hydrogens (tertiary/aromatic N) is 2. The van der Waals surface area contributed by atoms with Gasteiger partial charge in [0, 0.05) is 10.9 Å². The highest BCUT2D eigenvalue weighted by Crippen LogP contribution is 2.35. The Hall–Kier alpha value is -3.74. The maximum Gasteiger partial charge on any atom is 0.325 e. The lowest BCUT2D eigenvalue weighted by molar-refractivity contribution is -0.139. The van der Waals surface area contributed by atoms with Crippen molar-refractivity contribution in [1.29, 1.82) is 0 Å². The topological polar surface area (TPSA) is 100 Å². The number of carbonyl (C=O) groups is 2. The number of rotatable bonds is 5. The number of fused-ring (bicyclic) bond motifs is 1. The van der Waals surface area contributed by atoms with Crippen LogP contribution in [0.5, 0.6) is 5.75 Å². The Morgan fingerprint density at radius 3 is 2.48 bits per heavy atom. The molecule has 136 valence electrons. The molecule has 0 atom stereocenters. The Kier molecular flexibility index (Phi) is 5.41. The van der Waals surface area contributed by atoms with Gasteiger partial charge in [-0.1, -0.05) is 30.3 Å². The molecule has 0 spiro atoms. The zero-order valence-corrected chi connectivity index (χ0v) is 14.5. The van der Waals surface area contributed by atoms with Gasteiger partial charge in [-0.05, 0) is 35.7 Å². The predicted octanol–water partition coefficient (Wildman–Crippen LogP) is 3.86. The first-order chi connectivity index (χ1) is 13.1. The summed E-state index contributed by atoms with van der Waals surface area (Å²) in [4.78, 5) is 23.0. The van der Waals surface area contributed by atoms with E-state index < -0.39 is 11.9 Å². The molecule has 0 heterocycles. The van der Waals surface area contributed by atoms with Gasteiger partial charge in [0.1, 0.15) is 18.0 Å². The largest absolute Gasteiger partial charge is 0.506 e. The van der Waals surface area contributed by atoms with E-state index in [1.54, 1.807) is 30.3 Å². The highest BCUT2D eigenvalue weighted by molar-refractivity contribution is 5.96. The van der Waals surface area contributed by atoms with Gasteiger partial charge in [-0.2, -0.15) is 5.11 Å². The summed E-state index contributed by atoms with van der Waals surface area (Å²) in [5, 5.41) is 22.6. The van der Waals surface area contributed by atoms with Gasteiger partial charge >= 0.3 is 5.97 Å². The fourth-order valence-corrected chi connectivity index (χ4v) is 2.46. The lowest BCUT2D eigenvalue weighted by Gasteiger charge is -2.04. The van der Waals surface area contributed by atoms with Crippen molar-refractivity contribution in [3.8, 4) is 5.75 Å². The van der Waals surface area contributed by atoms with Crippen molar-refractivity contribution in [1.82, 2.24) is 5.32 Å². The van der Waals surface area contributed by atoms with Gasteiger partial charge in [-0.3, -0.25) is 9.59 Å². The molecular formula is C20H17N3O4. The van der Waals surface area contributed by atoms with Crippen LogP contribution in [0, 0.1) is 0 Å². The third kappa shape index (κ3) is 4.27. The molecule has 0 bridgehead atoms. The minimum absolute atomic E-state index is 0.0382. The Morgan fingerprint density at radius 2 is 1.74 bits per heavy atom. The second-order valence-electron chi connectivity index (χ2n) is 5.66. The van der Waals surface area contributed by atoms with E-state index >= 15 is 0 Å². The highest BCUT2D eigenvalue weighted by Gasteiger charge is 2.08. The molecule has 0 fully saturated rings. The van der Waals surface area contributed by atoms with Crippen LogP contribution >= 0.6 is 0 Å². The Balaban J connectivity index is 1.76. The lowest BCUT2D eigenvalue weighted by atomic mass is 10.1. The van der Waals surface area contributed by atoms with Gasteiger partial charge in [-0.15, -0.1) is 5.11 Å². The highest BCUT2D eigenvalue weighted by atomic mass is 16.5. The standard InChI is InChI=1S/C20H17N3O4/c1-27-18(25)12-21-20(26)14-6-9-15(10-7-14)22-23-19-16-5-3-2-4-13(16)8-11-17(19)24/h2-11,24H,12H2,1H3,(H,21,26). The number of amides is 1. The molecule has 7 heteroatoms. The van der Waals surface area contributed by atoms with Crippen molar-refractivity contribution in [3.63, 3.8) is 0 Å². The molecule has 0 aromatic heterocycles. The molecule has 3 aromatic carbocycles. The molecule has 0 saturated heterocycles. The molecule has 0 aliphatic carbocycles. The van der Waals surface area contributed by atoms with Crippen LogP contribution in [0.3, 0.4) is 0 Å². The number of hydrogen-bond acceptors (Lipinski definition) is 6. The summed E-state index contributed by atoms with van der Waals surface area (Å²) in [6.07, 6.45) is 0. The molecule has 0 saturated carbocycles. The summed E-state index contributed by atoms with van der Waals surface area (Å²) < 4.78 is 4.47. The first-order valence-electron chi connectivity index (χ1n) is 8.16. The molecular weight excluding hydrogens is 346 g/mol. The van der Waals surface area contributed by atoms with E-state index in [0.717, 1.165) is 10.8 Å². The number of hydrogen-bond donors (Lipinski definition) is 2. The van der Waals surface area contributed by atoms with Crippen LogP contribution < -0.4 is 5.32 Å². The number of carbonyl (C=O) groups excluding carboxylic acids is 2. The molecule has 27 heavy (non-hydrogen) atoms. The van der Waals surface area contributed by atoms with Crippen molar-refractivity contribution >= 4 is 34.0 Å². The van der Waals surface area contributed by atoms with Crippen molar-refractivity contribution in [2.75, 3.05) is 13.7 Å². The van der Waals surface area contributed by atoms with Crippen molar-refractivity contribution in [2.45, 2.75) is 0 Å². The van der Waals surface area contributed by atoms with E-state index in [0.29, 0.717) is 16.9 Å². The quantitative estimate of drug-likeness (QED) is 0.531. The Bertz CT molecular complexity index is 1010. The van der Waals surface area contributed by atoms with Crippen LogP contribution in [0.25, 0.3) is 10.8 Å². The number of phenols is 1. The number of ether oxygens (including phenoxy) is 1. The summed E-state index contributed by atoms with van der Waals surface area (Å²) >= 11 is 0. The van der Waals surface area contributed by atoms with E-state index in [1.165, 1.54) is 7.11 Å². The summed E-state index contributed by atoms with van der Waals surface area (Å²) in [7, 11) is 1.25. The molecule has 3 aromatic rings. The molecule has 7 nitrogen and oxygen atoms in total. The maximum atomic E-state index is 11.9. The molecule has 1 amide bonds. The fraction of sp³-hybridized carbons (Fsp3) is 0.100. The number of azo groups is 1. The third-order valence-electron chi connectivity index (χ3n) is 3.90. The molecule has 0 unspecified atom stereocenters. The molecule has 3 rings (SSSR count). The predicted molar refractivity (Wildman–Crippen MR) is 101 cm³/mol. The third-order valence-corrected chi connectivity index (χ3v) is 3.90. The second-order valence-corrected chi connectivity index (χ2v) is 5.66. The van der Waals surface area contributed by atoms with Crippen LogP contribution in [-0.4, -0.2) is 30.6 Å². The number of aromatic hydroxyl groups is 1. The monoisotopic (exact) mass is 363 g/mol. The number of esters is 1.